The topological polar surface area (TPSA) is 112 Å². The zero-order valence-electron chi connectivity index (χ0n) is 23.8. The summed E-state index contributed by atoms with van der Waals surface area (Å²) in [7, 11) is 0. The molecule has 1 saturated heterocycles. The van der Waals surface area contributed by atoms with E-state index in [0.29, 0.717) is 36.0 Å². The van der Waals surface area contributed by atoms with Crippen LogP contribution >= 0.6 is 0 Å². The van der Waals surface area contributed by atoms with E-state index in [1.165, 1.54) is 0 Å². The maximum atomic E-state index is 13.2. The number of aromatic amines is 1. The third-order valence-corrected chi connectivity index (χ3v) is 7.45. The van der Waals surface area contributed by atoms with Crippen molar-refractivity contribution in [3.8, 4) is 22.4 Å². The number of hydrogen-bond acceptors (Lipinski definition) is 7. The van der Waals surface area contributed by atoms with Gasteiger partial charge in [-0.1, -0.05) is 12.1 Å². The first-order chi connectivity index (χ1) is 21.2. The summed E-state index contributed by atoms with van der Waals surface area (Å²) in [5, 5.41) is 13.1. The first kappa shape index (κ1) is 28.8. The molecular weight excluding hydrogens is 569 g/mol. The number of hydrogen-bond donors (Lipinski definition) is 3. The van der Waals surface area contributed by atoms with Crippen LogP contribution in [0.15, 0.2) is 85.5 Å². The summed E-state index contributed by atoms with van der Waals surface area (Å²) < 4.78 is 39.3. The van der Waals surface area contributed by atoms with E-state index in [0.717, 1.165) is 53.4 Å². The molecule has 1 aliphatic rings. The first-order valence-corrected chi connectivity index (χ1v) is 14.1. The van der Waals surface area contributed by atoms with E-state index in [1.807, 2.05) is 54.3 Å². The molecule has 6 rings (SSSR count). The number of benzene rings is 1. The van der Waals surface area contributed by atoms with E-state index in [4.69, 9.17) is 0 Å². The minimum Gasteiger partial charge on any atom is -0.367 e. The van der Waals surface area contributed by atoms with Crippen molar-refractivity contribution < 1.29 is 18.0 Å². The average molecular weight is 599 g/mol. The number of alkyl halides is 3. The molecule has 1 aliphatic heterocycles. The van der Waals surface area contributed by atoms with Crippen molar-refractivity contribution >= 4 is 23.4 Å². The highest BCUT2D eigenvalue weighted by atomic mass is 19.4. The van der Waals surface area contributed by atoms with E-state index in [9.17, 15) is 18.0 Å². The number of H-pyrrole nitrogens is 1. The standard InChI is InChI=1S/C32H29F3N8O/c1-20-13-27(41-30(14-20)42-29-16-25(7-10-36-29)32(33,34)35)23-5-6-28(37-17-23)40-26-8-11-43(12-9-26)31(44)22-4-2-3-21(15-22)24-18-38-39-19-24/h2-7,10,13-19,26H,8-9,11-12H2,1H3,(H,37,40)(H,38,39)(H,36,41,42). The highest BCUT2D eigenvalue weighted by Gasteiger charge is 2.31. The summed E-state index contributed by atoms with van der Waals surface area (Å²) in [5.41, 5.74) is 4.01. The number of aryl methyl sites for hydroxylation is 1. The van der Waals surface area contributed by atoms with Crippen molar-refractivity contribution in [2.75, 3.05) is 23.7 Å². The molecule has 0 unspecified atom stereocenters. The van der Waals surface area contributed by atoms with Crippen LogP contribution in [0.3, 0.4) is 0 Å². The Morgan fingerprint density at radius 1 is 0.909 bits per heavy atom. The van der Waals surface area contributed by atoms with Crippen molar-refractivity contribution in [3.63, 3.8) is 0 Å². The van der Waals surface area contributed by atoms with Gasteiger partial charge in [0.25, 0.3) is 5.91 Å². The van der Waals surface area contributed by atoms with Crippen molar-refractivity contribution in [1.82, 2.24) is 30.0 Å². The SMILES string of the molecule is Cc1cc(Nc2cc(C(F)(F)F)ccn2)nc(-c2ccc(NC3CCN(C(=O)c4cccc(-c5cn[nH]c5)c4)CC3)nc2)c1. The number of anilines is 3. The zero-order chi connectivity index (χ0) is 30.7. The van der Waals surface area contributed by atoms with Gasteiger partial charge in [-0.15, -0.1) is 0 Å². The third kappa shape index (κ3) is 6.69. The average Bonchev–Trinajstić information content (AvgIpc) is 3.57. The van der Waals surface area contributed by atoms with Gasteiger partial charge in [0.05, 0.1) is 17.5 Å². The van der Waals surface area contributed by atoms with Crippen molar-refractivity contribution in [3.05, 3.63) is 102 Å². The molecule has 0 aliphatic carbocycles. The highest BCUT2D eigenvalue weighted by Crippen LogP contribution is 2.31. The largest absolute Gasteiger partial charge is 0.416 e. The summed E-state index contributed by atoms with van der Waals surface area (Å²) in [5.74, 6) is 1.16. The molecule has 5 heterocycles. The number of likely N-dealkylation sites (tertiary alicyclic amines) is 1. The molecule has 1 fully saturated rings. The highest BCUT2D eigenvalue weighted by molar-refractivity contribution is 5.95. The number of carbonyl (C=O) groups excluding carboxylic acids is 1. The summed E-state index contributed by atoms with van der Waals surface area (Å²) in [6, 6.07) is 17.0. The van der Waals surface area contributed by atoms with Crippen molar-refractivity contribution in [2.45, 2.75) is 32.0 Å². The Bertz CT molecular complexity index is 1750. The fraction of sp³-hybridized carbons (Fsp3) is 0.219. The molecular formula is C32H29F3N8O. The number of rotatable bonds is 7. The molecule has 0 atom stereocenters. The van der Waals surface area contributed by atoms with Gasteiger partial charge in [-0.25, -0.2) is 15.0 Å². The summed E-state index contributed by atoms with van der Waals surface area (Å²) in [6.45, 7) is 3.15. The number of aromatic nitrogens is 5. The van der Waals surface area contributed by atoms with Gasteiger partial charge in [-0.05, 0) is 79.4 Å². The number of nitrogens with one attached hydrogen (secondary N) is 3. The summed E-state index contributed by atoms with van der Waals surface area (Å²) >= 11 is 0. The Kier molecular flexibility index (Phi) is 7.97. The van der Waals surface area contributed by atoms with E-state index in [1.54, 1.807) is 24.7 Å². The van der Waals surface area contributed by atoms with Crippen LogP contribution < -0.4 is 10.6 Å². The lowest BCUT2D eigenvalue weighted by atomic mass is 10.0. The molecule has 0 bridgehead atoms. The number of pyridine rings is 3. The summed E-state index contributed by atoms with van der Waals surface area (Å²) in [6.07, 6.45) is 3.46. The van der Waals surface area contributed by atoms with E-state index < -0.39 is 11.7 Å². The van der Waals surface area contributed by atoms with E-state index >= 15 is 0 Å². The molecule has 1 amide bonds. The van der Waals surface area contributed by atoms with Crippen LogP contribution in [0.25, 0.3) is 22.4 Å². The van der Waals surface area contributed by atoms with Crippen LogP contribution in [-0.2, 0) is 6.18 Å². The normalized spacial score (nSPS) is 14.0. The van der Waals surface area contributed by atoms with Crippen LogP contribution in [0.1, 0.15) is 34.3 Å². The second kappa shape index (κ2) is 12.2. The van der Waals surface area contributed by atoms with Gasteiger partial charge in [0.2, 0.25) is 0 Å². The van der Waals surface area contributed by atoms with Gasteiger partial charge in [-0.2, -0.15) is 18.3 Å². The van der Waals surface area contributed by atoms with Crippen LogP contribution in [0.4, 0.5) is 30.6 Å². The quantitative estimate of drug-likeness (QED) is 0.191. The maximum Gasteiger partial charge on any atom is 0.416 e. The lowest BCUT2D eigenvalue weighted by Crippen LogP contribution is -2.42. The lowest BCUT2D eigenvalue weighted by Gasteiger charge is -2.32. The minimum absolute atomic E-state index is 0.0135. The van der Waals surface area contributed by atoms with Crippen LogP contribution in [-0.4, -0.2) is 55.1 Å². The van der Waals surface area contributed by atoms with Gasteiger partial charge >= 0.3 is 6.18 Å². The van der Waals surface area contributed by atoms with E-state index in [-0.39, 0.29) is 17.8 Å². The maximum absolute atomic E-state index is 13.2. The molecule has 0 spiro atoms. The van der Waals surface area contributed by atoms with E-state index in [2.05, 4.69) is 35.8 Å². The van der Waals surface area contributed by atoms with Crippen LogP contribution in [0.5, 0.6) is 0 Å². The predicted octanol–water partition coefficient (Wildman–Crippen LogP) is 6.72. The molecule has 3 N–H and O–H groups in total. The molecule has 0 radical (unpaired) electrons. The van der Waals surface area contributed by atoms with Gasteiger partial charge in [0.1, 0.15) is 17.5 Å². The minimum atomic E-state index is -4.46. The first-order valence-electron chi connectivity index (χ1n) is 14.1. The Balaban J connectivity index is 1.06. The van der Waals surface area contributed by atoms with Crippen molar-refractivity contribution in [2.24, 2.45) is 0 Å². The number of piperidine rings is 1. The van der Waals surface area contributed by atoms with Gasteiger partial charge < -0.3 is 15.5 Å². The zero-order valence-corrected chi connectivity index (χ0v) is 23.8. The molecule has 224 valence electrons. The smallest absolute Gasteiger partial charge is 0.367 e. The van der Waals surface area contributed by atoms with Gasteiger partial charge in [-0.3, -0.25) is 9.89 Å². The monoisotopic (exact) mass is 598 g/mol. The number of nitrogens with zero attached hydrogens (tertiary/aromatic N) is 5. The fourth-order valence-electron chi connectivity index (χ4n) is 5.18. The number of amides is 1. The van der Waals surface area contributed by atoms with Gasteiger partial charge in [0, 0.05) is 54.4 Å². The molecule has 0 saturated carbocycles. The van der Waals surface area contributed by atoms with Gasteiger partial charge in [0.15, 0.2) is 0 Å². The lowest BCUT2D eigenvalue weighted by molar-refractivity contribution is -0.137. The number of halogens is 3. The predicted molar refractivity (Wildman–Crippen MR) is 161 cm³/mol. The molecule has 9 nitrogen and oxygen atoms in total. The number of carbonyl (C=O) groups is 1. The molecule has 4 aromatic heterocycles. The van der Waals surface area contributed by atoms with Crippen molar-refractivity contribution in [1.29, 1.82) is 0 Å². The Morgan fingerprint density at radius 2 is 1.75 bits per heavy atom. The fourth-order valence-corrected chi connectivity index (χ4v) is 5.18. The summed E-state index contributed by atoms with van der Waals surface area (Å²) in [4.78, 5) is 28.2. The Hall–Kier alpha value is -5.26. The molecule has 5 aromatic rings. The third-order valence-electron chi connectivity index (χ3n) is 7.45. The Morgan fingerprint density at radius 3 is 2.48 bits per heavy atom. The van der Waals surface area contributed by atoms with Crippen LogP contribution in [0.2, 0.25) is 0 Å². The second-order valence-corrected chi connectivity index (χ2v) is 10.7. The molecule has 44 heavy (non-hydrogen) atoms. The Labute approximate surface area is 251 Å². The second-order valence-electron chi connectivity index (χ2n) is 10.7. The molecule has 1 aromatic carbocycles. The molecule has 12 heteroatoms. The van der Waals surface area contributed by atoms with Crippen LogP contribution in [0, 0.1) is 6.92 Å².